The van der Waals surface area contributed by atoms with E-state index in [1.54, 1.807) is 0 Å². The van der Waals surface area contributed by atoms with Gasteiger partial charge in [0.1, 0.15) is 0 Å². The molecule has 0 aromatic rings. The number of carboxylic acids is 1. The molecule has 0 saturated carbocycles. The fraction of sp³-hybridized carbons (Fsp3) is 0.667. The largest absolute Gasteiger partial charge is 0.478 e. The van der Waals surface area contributed by atoms with E-state index in [0.29, 0.717) is 12.5 Å². The molecular weight excluding hydrogens is 154 g/mol. The van der Waals surface area contributed by atoms with Crippen molar-refractivity contribution in [2.24, 2.45) is 5.92 Å². The molecule has 0 fully saturated rings. The van der Waals surface area contributed by atoms with Gasteiger partial charge in [0.2, 0.25) is 0 Å². The maximum atomic E-state index is 10.3. The van der Waals surface area contributed by atoms with Crippen molar-refractivity contribution in [3.63, 3.8) is 0 Å². The van der Waals surface area contributed by atoms with E-state index < -0.39 is 5.97 Å². The standard InChI is InChI=1S/C9H17NO2/c1-7(2)4-5-10-6-8(3)9(11)12/h7,10H,3-6H2,1-2H3,(H,11,12). The Morgan fingerprint density at radius 2 is 2.17 bits per heavy atom. The summed E-state index contributed by atoms with van der Waals surface area (Å²) >= 11 is 0. The summed E-state index contributed by atoms with van der Waals surface area (Å²) in [6.07, 6.45) is 1.06. The molecule has 0 aromatic carbocycles. The molecule has 0 radical (unpaired) electrons. The molecule has 0 unspecified atom stereocenters. The molecule has 0 amide bonds. The van der Waals surface area contributed by atoms with Crippen LogP contribution in [0.3, 0.4) is 0 Å². The Bertz CT molecular complexity index is 164. The van der Waals surface area contributed by atoms with Gasteiger partial charge in [-0.05, 0) is 18.9 Å². The summed E-state index contributed by atoms with van der Waals surface area (Å²) in [6.45, 7) is 8.90. The Kier molecular flexibility index (Phi) is 5.37. The molecule has 0 aromatic heterocycles. The van der Waals surface area contributed by atoms with Crippen molar-refractivity contribution in [3.05, 3.63) is 12.2 Å². The lowest BCUT2D eigenvalue weighted by molar-refractivity contribution is -0.132. The van der Waals surface area contributed by atoms with Crippen LogP contribution in [0, 0.1) is 5.92 Å². The first-order valence-corrected chi connectivity index (χ1v) is 4.15. The normalized spacial score (nSPS) is 10.2. The van der Waals surface area contributed by atoms with Crippen LogP contribution in [0.5, 0.6) is 0 Å². The first-order valence-electron chi connectivity index (χ1n) is 4.15. The molecule has 2 N–H and O–H groups in total. The fourth-order valence-corrected chi connectivity index (χ4v) is 0.706. The van der Waals surface area contributed by atoms with E-state index >= 15 is 0 Å². The lowest BCUT2D eigenvalue weighted by atomic mass is 10.1. The Morgan fingerprint density at radius 3 is 2.58 bits per heavy atom. The van der Waals surface area contributed by atoms with E-state index in [1.807, 2.05) is 0 Å². The molecular formula is C9H17NO2. The van der Waals surface area contributed by atoms with Crippen molar-refractivity contribution in [3.8, 4) is 0 Å². The number of hydrogen-bond acceptors (Lipinski definition) is 2. The monoisotopic (exact) mass is 171 g/mol. The molecule has 0 heterocycles. The average Bonchev–Trinajstić information content (AvgIpc) is 1.97. The summed E-state index contributed by atoms with van der Waals surface area (Å²) in [5.74, 6) is -0.275. The SMILES string of the molecule is C=C(CNCCC(C)C)C(=O)O. The highest BCUT2D eigenvalue weighted by Gasteiger charge is 2.02. The topological polar surface area (TPSA) is 49.3 Å². The van der Waals surface area contributed by atoms with E-state index in [0.717, 1.165) is 13.0 Å². The molecule has 70 valence electrons. The molecule has 3 nitrogen and oxygen atoms in total. The van der Waals surface area contributed by atoms with E-state index in [2.05, 4.69) is 25.7 Å². The average molecular weight is 171 g/mol. The minimum atomic E-state index is -0.924. The summed E-state index contributed by atoms with van der Waals surface area (Å²) in [6, 6.07) is 0. The predicted octanol–water partition coefficient (Wildman–Crippen LogP) is 1.26. The Balaban J connectivity index is 3.32. The third kappa shape index (κ3) is 5.92. The third-order valence-electron chi connectivity index (χ3n) is 1.54. The maximum absolute atomic E-state index is 10.3. The quantitative estimate of drug-likeness (QED) is 0.467. The van der Waals surface area contributed by atoms with E-state index in [1.165, 1.54) is 0 Å². The van der Waals surface area contributed by atoms with Crippen LogP contribution in [-0.4, -0.2) is 24.2 Å². The van der Waals surface area contributed by atoms with Crippen molar-refractivity contribution in [2.75, 3.05) is 13.1 Å². The fourth-order valence-electron chi connectivity index (χ4n) is 0.706. The van der Waals surface area contributed by atoms with Crippen molar-refractivity contribution in [2.45, 2.75) is 20.3 Å². The van der Waals surface area contributed by atoms with Crippen LogP contribution in [0.2, 0.25) is 0 Å². The van der Waals surface area contributed by atoms with Crippen LogP contribution in [0.25, 0.3) is 0 Å². The zero-order valence-corrected chi connectivity index (χ0v) is 7.76. The van der Waals surface area contributed by atoms with Gasteiger partial charge in [-0.25, -0.2) is 4.79 Å². The van der Waals surface area contributed by atoms with Gasteiger partial charge in [-0.3, -0.25) is 0 Å². The minimum Gasteiger partial charge on any atom is -0.478 e. The van der Waals surface area contributed by atoms with Gasteiger partial charge < -0.3 is 10.4 Å². The summed E-state index contributed by atoms with van der Waals surface area (Å²) in [5.41, 5.74) is 0.221. The van der Waals surface area contributed by atoms with Gasteiger partial charge in [0, 0.05) is 12.1 Å². The van der Waals surface area contributed by atoms with Crippen molar-refractivity contribution in [1.29, 1.82) is 0 Å². The van der Waals surface area contributed by atoms with Gasteiger partial charge in [0.15, 0.2) is 0 Å². The molecule has 0 spiro atoms. The predicted molar refractivity (Wildman–Crippen MR) is 49.1 cm³/mol. The number of rotatable bonds is 6. The van der Waals surface area contributed by atoms with Crippen LogP contribution in [0.15, 0.2) is 12.2 Å². The minimum absolute atomic E-state index is 0.221. The van der Waals surface area contributed by atoms with Crippen molar-refractivity contribution < 1.29 is 9.90 Å². The van der Waals surface area contributed by atoms with Crippen molar-refractivity contribution in [1.82, 2.24) is 5.32 Å². The number of aliphatic carboxylic acids is 1. The number of carbonyl (C=O) groups is 1. The second-order valence-corrected chi connectivity index (χ2v) is 3.27. The van der Waals surface area contributed by atoms with Gasteiger partial charge in [-0.2, -0.15) is 0 Å². The summed E-state index contributed by atoms with van der Waals surface area (Å²) < 4.78 is 0. The zero-order chi connectivity index (χ0) is 9.56. The molecule has 0 aliphatic rings. The highest BCUT2D eigenvalue weighted by Crippen LogP contribution is 1.96. The van der Waals surface area contributed by atoms with Crippen molar-refractivity contribution >= 4 is 5.97 Å². The van der Waals surface area contributed by atoms with Crippen LogP contribution < -0.4 is 5.32 Å². The Hall–Kier alpha value is -0.830. The van der Waals surface area contributed by atoms with Gasteiger partial charge in [0.25, 0.3) is 0 Å². The van der Waals surface area contributed by atoms with Crippen LogP contribution >= 0.6 is 0 Å². The van der Waals surface area contributed by atoms with Gasteiger partial charge >= 0.3 is 5.97 Å². The molecule has 0 saturated heterocycles. The maximum Gasteiger partial charge on any atom is 0.332 e. The first kappa shape index (κ1) is 11.2. The molecule has 12 heavy (non-hydrogen) atoms. The number of hydrogen-bond donors (Lipinski definition) is 2. The molecule has 0 atom stereocenters. The van der Waals surface area contributed by atoms with E-state index in [9.17, 15) is 4.79 Å². The van der Waals surface area contributed by atoms with E-state index in [4.69, 9.17) is 5.11 Å². The van der Waals surface area contributed by atoms with Gasteiger partial charge in [0.05, 0.1) is 0 Å². The van der Waals surface area contributed by atoms with Gasteiger partial charge in [-0.1, -0.05) is 20.4 Å². The smallest absolute Gasteiger partial charge is 0.332 e. The van der Waals surface area contributed by atoms with Crippen LogP contribution in [0.1, 0.15) is 20.3 Å². The molecule has 0 aliphatic heterocycles. The first-order chi connectivity index (χ1) is 5.54. The third-order valence-corrected chi connectivity index (χ3v) is 1.54. The summed E-state index contributed by atoms with van der Waals surface area (Å²) in [7, 11) is 0. The Morgan fingerprint density at radius 1 is 1.58 bits per heavy atom. The van der Waals surface area contributed by atoms with Crippen LogP contribution in [0.4, 0.5) is 0 Å². The number of carboxylic acid groups (broad SMARTS) is 1. The van der Waals surface area contributed by atoms with Crippen LogP contribution in [-0.2, 0) is 4.79 Å². The molecule has 0 aliphatic carbocycles. The second-order valence-electron chi connectivity index (χ2n) is 3.27. The second kappa shape index (κ2) is 5.77. The molecule has 3 heteroatoms. The van der Waals surface area contributed by atoms with E-state index in [-0.39, 0.29) is 5.57 Å². The highest BCUT2D eigenvalue weighted by molar-refractivity contribution is 5.86. The molecule has 0 rings (SSSR count). The van der Waals surface area contributed by atoms with Gasteiger partial charge in [-0.15, -0.1) is 0 Å². The lowest BCUT2D eigenvalue weighted by Crippen LogP contribution is -2.22. The Labute approximate surface area is 73.5 Å². The zero-order valence-electron chi connectivity index (χ0n) is 7.76. The summed E-state index contributed by atoms with van der Waals surface area (Å²) in [4.78, 5) is 10.3. The number of nitrogens with one attached hydrogen (secondary N) is 1. The highest BCUT2D eigenvalue weighted by atomic mass is 16.4. The molecule has 0 bridgehead atoms. The lowest BCUT2D eigenvalue weighted by Gasteiger charge is -2.06. The summed E-state index contributed by atoms with van der Waals surface area (Å²) in [5, 5.41) is 11.5.